The summed E-state index contributed by atoms with van der Waals surface area (Å²) in [5, 5.41) is 2.67. The Morgan fingerprint density at radius 1 is 1.57 bits per heavy atom. The number of amides is 3. The van der Waals surface area contributed by atoms with Gasteiger partial charge in [-0.15, -0.1) is 11.6 Å². The fraction of sp³-hybridized carbons (Fsp3) is 0.778. The van der Waals surface area contributed by atoms with Crippen LogP contribution in [0.3, 0.4) is 0 Å². The summed E-state index contributed by atoms with van der Waals surface area (Å²) in [6.07, 6.45) is 0.866. The van der Waals surface area contributed by atoms with Crippen LogP contribution < -0.4 is 5.32 Å². The maximum absolute atomic E-state index is 11.7. The molecule has 0 aromatic heterocycles. The van der Waals surface area contributed by atoms with Gasteiger partial charge in [0.05, 0.1) is 0 Å². The second kappa shape index (κ2) is 4.64. The van der Waals surface area contributed by atoms with Crippen molar-refractivity contribution in [1.82, 2.24) is 10.2 Å². The van der Waals surface area contributed by atoms with Crippen molar-refractivity contribution in [1.29, 1.82) is 0 Å². The van der Waals surface area contributed by atoms with Crippen molar-refractivity contribution >= 4 is 23.5 Å². The van der Waals surface area contributed by atoms with Crippen molar-refractivity contribution in [3.8, 4) is 0 Å². The largest absolute Gasteiger partial charge is 0.326 e. The van der Waals surface area contributed by atoms with E-state index in [1.54, 1.807) is 0 Å². The summed E-state index contributed by atoms with van der Waals surface area (Å²) in [6.45, 7) is 4.24. The highest BCUT2D eigenvalue weighted by Crippen LogP contribution is 2.16. The first kappa shape index (κ1) is 11.3. The molecule has 1 saturated heterocycles. The van der Waals surface area contributed by atoms with Crippen LogP contribution in [0.4, 0.5) is 4.79 Å². The van der Waals surface area contributed by atoms with Gasteiger partial charge in [0.25, 0.3) is 5.91 Å². The fourth-order valence-corrected chi connectivity index (χ4v) is 1.63. The van der Waals surface area contributed by atoms with E-state index in [1.807, 2.05) is 13.8 Å². The molecule has 80 valence electrons. The van der Waals surface area contributed by atoms with E-state index in [0.717, 1.165) is 6.42 Å². The smallest absolute Gasteiger partial charge is 0.324 e. The lowest BCUT2D eigenvalue weighted by Crippen LogP contribution is -2.36. The summed E-state index contributed by atoms with van der Waals surface area (Å²) >= 11 is 5.50. The molecule has 4 nitrogen and oxygen atoms in total. The lowest BCUT2D eigenvalue weighted by atomic mass is 9.99. The highest BCUT2D eigenvalue weighted by atomic mass is 35.5. The van der Waals surface area contributed by atoms with Crippen molar-refractivity contribution in [3.63, 3.8) is 0 Å². The molecule has 5 heteroatoms. The van der Waals surface area contributed by atoms with Gasteiger partial charge in [-0.25, -0.2) is 4.79 Å². The normalized spacial score (nSPS) is 23.9. The fourth-order valence-electron chi connectivity index (χ4n) is 1.46. The third-order valence-corrected chi connectivity index (χ3v) is 2.75. The standard InChI is InChI=1S/C9H15ClN2O2/c1-3-6(2)7-8(13)12(5-4-10)9(14)11-7/h6-7H,3-5H2,1-2H3,(H,11,14). The number of halogens is 1. The van der Waals surface area contributed by atoms with E-state index in [0.29, 0.717) is 6.54 Å². The summed E-state index contributed by atoms with van der Waals surface area (Å²) < 4.78 is 0. The molecular weight excluding hydrogens is 204 g/mol. The van der Waals surface area contributed by atoms with Gasteiger partial charge in [-0.05, 0) is 5.92 Å². The Hall–Kier alpha value is -0.770. The van der Waals surface area contributed by atoms with Gasteiger partial charge in [-0.3, -0.25) is 9.69 Å². The molecule has 0 aromatic rings. The zero-order chi connectivity index (χ0) is 10.7. The molecule has 3 amide bonds. The number of carbonyl (C=O) groups excluding carboxylic acids is 2. The Balaban J connectivity index is 2.68. The maximum atomic E-state index is 11.7. The highest BCUT2D eigenvalue weighted by molar-refractivity contribution is 6.18. The summed E-state index contributed by atoms with van der Waals surface area (Å²) in [6, 6.07) is -0.684. The third-order valence-electron chi connectivity index (χ3n) is 2.58. The first-order valence-corrected chi connectivity index (χ1v) is 5.33. The molecule has 0 bridgehead atoms. The lowest BCUT2D eigenvalue weighted by Gasteiger charge is -2.15. The van der Waals surface area contributed by atoms with Crippen molar-refractivity contribution in [2.45, 2.75) is 26.3 Å². The molecule has 1 fully saturated rings. The molecular formula is C9H15ClN2O2. The third kappa shape index (κ3) is 2.00. The van der Waals surface area contributed by atoms with Crippen LogP contribution in [-0.4, -0.2) is 35.3 Å². The van der Waals surface area contributed by atoms with Crippen LogP contribution in [0.25, 0.3) is 0 Å². The second-order valence-electron chi connectivity index (χ2n) is 3.49. The van der Waals surface area contributed by atoms with Gasteiger partial charge in [0.15, 0.2) is 0 Å². The minimum absolute atomic E-state index is 0.148. The first-order valence-electron chi connectivity index (χ1n) is 4.79. The van der Waals surface area contributed by atoms with Crippen LogP contribution in [-0.2, 0) is 4.79 Å². The number of hydrogen-bond acceptors (Lipinski definition) is 2. The quantitative estimate of drug-likeness (QED) is 0.569. The number of nitrogens with one attached hydrogen (secondary N) is 1. The number of urea groups is 1. The van der Waals surface area contributed by atoms with Gasteiger partial charge < -0.3 is 5.32 Å². The lowest BCUT2D eigenvalue weighted by molar-refractivity contribution is -0.128. The summed E-state index contributed by atoms with van der Waals surface area (Å²) in [4.78, 5) is 24.2. The number of hydrogen-bond donors (Lipinski definition) is 1. The van der Waals surface area contributed by atoms with Gasteiger partial charge in [0.1, 0.15) is 6.04 Å². The van der Waals surface area contributed by atoms with Crippen molar-refractivity contribution in [2.75, 3.05) is 12.4 Å². The van der Waals surface area contributed by atoms with Crippen LogP contribution >= 0.6 is 11.6 Å². The van der Waals surface area contributed by atoms with Gasteiger partial charge in [0, 0.05) is 12.4 Å². The van der Waals surface area contributed by atoms with Crippen LogP contribution in [0.15, 0.2) is 0 Å². The maximum Gasteiger partial charge on any atom is 0.324 e. The molecule has 0 aromatic carbocycles. The highest BCUT2D eigenvalue weighted by Gasteiger charge is 2.39. The molecule has 1 heterocycles. The molecule has 0 spiro atoms. The molecule has 1 rings (SSSR count). The van der Waals surface area contributed by atoms with Gasteiger partial charge in [-0.2, -0.15) is 0 Å². The number of carbonyl (C=O) groups is 2. The van der Waals surface area contributed by atoms with Crippen LogP contribution in [0.1, 0.15) is 20.3 Å². The molecule has 0 saturated carbocycles. The molecule has 1 N–H and O–H groups in total. The van der Waals surface area contributed by atoms with E-state index in [1.165, 1.54) is 4.90 Å². The van der Waals surface area contributed by atoms with Crippen molar-refractivity contribution in [2.24, 2.45) is 5.92 Å². The van der Waals surface area contributed by atoms with E-state index in [-0.39, 0.29) is 29.8 Å². The van der Waals surface area contributed by atoms with Crippen molar-refractivity contribution < 1.29 is 9.59 Å². The predicted octanol–water partition coefficient (Wildman–Crippen LogP) is 1.19. The van der Waals surface area contributed by atoms with Crippen molar-refractivity contribution in [3.05, 3.63) is 0 Å². The monoisotopic (exact) mass is 218 g/mol. The number of rotatable bonds is 4. The topological polar surface area (TPSA) is 49.4 Å². The summed E-state index contributed by atoms with van der Waals surface area (Å²) in [5.74, 6) is 0.309. The summed E-state index contributed by atoms with van der Waals surface area (Å²) in [5.41, 5.74) is 0. The van der Waals surface area contributed by atoms with E-state index in [9.17, 15) is 9.59 Å². The van der Waals surface area contributed by atoms with Crippen LogP contribution in [0.5, 0.6) is 0 Å². The Kier molecular flexibility index (Phi) is 3.75. The predicted molar refractivity (Wildman–Crippen MR) is 54.2 cm³/mol. The van der Waals surface area contributed by atoms with E-state index in [4.69, 9.17) is 11.6 Å². The number of imide groups is 1. The summed E-state index contributed by atoms with van der Waals surface area (Å²) in [7, 11) is 0. The SMILES string of the molecule is CCC(C)C1NC(=O)N(CCCl)C1=O. The van der Waals surface area contributed by atoms with Gasteiger partial charge in [0.2, 0.25) is 0 Å². The molecule has 0 aliphatic carbocycles. The Bertz CT molecular complexity index is 245. The van der Waals surface area contributed by atoms with Gasteiger partial charge >= 0.3 is 6.03 Å². The van der Waals surface area contributed by atoms with E-state index < -0.39 is 0 Å². The van der Waals surface area contributed by atoms with E-state index >= 15 is 0 Å². The van der Waals surface area contributed by atoms with Crippen LogP contribution in [0, 0.1) is 5.92 Å². The number of nitrogens with zero attached hydrogens (tertiary/aromatic N) is 1. The zero-order valence-corrected chi connectivity index (χ0v) is 9.17. The molecule has 1 aliphatic heterocycles. The first-order chi connectivity index (χ1) is 6.61. The second-order valence-corrected chi connectivity index (χ2v) is 3.87. The number of alkyl halides is 1. The minimum Gasteiger partial charge on any atom is -0.326 e. The molecule has 1 aliphatic rings. The van der Waals surface area contributed by atoms with E-state index in [2.05, 4.69) is 5.32 Å². The zero-order valence-electron chi connectivity index (χ0n) is 8.42. The molecule has 2 unspecified atom stereocenters. The molecule has 14 heavy (non-hydrogen) atoms. The van der Waals surface area contributed by atoms with Crippen LogP contribution in [0.2, 0.25) is 0 Å². The Labute approximate surface area is 88.6 Å². The Morgan fingerprint density at radius 2 is 2.21 bits per heavy atom. The average Bonchev–Trinajstić information content (AvgIpc) is 2.45. The minimum atomic E-state index is -0.365. The Morgan fingerprint density at radius 3 is 2.71 bits per heavy atom. The molecule has 2 atom stereocenters. The molecule has 0 radical (unpaired) electrons. The van der Waals surface area contributed by atoms with Gasteiger partial charge in [-0.1, -0.05) is 20.3 Å². The average molecular weight is 219 g/mol.